The summed E-state index contributed by atoms with van der Waals surface area (Å²) in [4.78, 5) is 29.6. The van der Waals surface area contributed by atoms with Gasteiger partial charge in [0.1, 0.15) is 11.6 Å². The molecule has 0 aliphatic rings. The third-order valence-corrected chi connectivity index (χ3v) is 3.54. The zero-order chi connectivity index (χ0) is 14.5. The van der Waals surface area contributed by atoms with Gasteiger partial charge in [0.15, 0.2) is 0 Å². The third kappa shape index (κ3) is 3.56. The van der Waals surface area contributed by atoms with Crippen molar-refractivity contribution in [1.82, 2.24) is 9.97 Å². The molecule has 1 aromatic rings. The van der Waals surface area contributed by atoms with Crippen molar-refractivity contribution in [3.05, 3.63) is 22.2 Å². The fourth-order valence-electron chi connectivity index (χ4n) is 1.90. The highest BCUT2D eigenvalue weighted by Crippen LogP contribution is 2.26. The second-order valence-electron chi connectivity index (χ2n) is 4.58. The van der Waals surface area contributed by atoms with Gasteiger partial charge in [-0.2, -0.15) is 0 Å². The number of hydrogen-bond donors (Lipinski definition) is 3. The maximum atomic E-state index is 11.4. The first-order valence-electron chi connectivity index (χ1n) is 6.55. The molecule has 0 amide bonds. The minimum absolute atomic E-state index is 0.233. The van der Waals surface area contributed by atoms with Gasteiger partial charge in [-0.3, -0.25) is 9.59 Å². The molecule has 0 saturated heterocycles. The van der Waals surface area contributed by atoms with Crippen LogP contribution in [0, 0.1) is 5.41 Å². The molecule has 19 heavy (non-hydrogen) atoms. The maximum Gasteiger partial charge on any atom is 0.311 e. The smallest absolute Gasteiger partial charge is 0.311 e. The van der Waals surface area contributed by atoms with Crippen molar-refractivity contribution in [2.45, 2.75) is 40.0 Å². The number of carboxylic acids is 1. The van der Waals surface area contributed by atoms with Gasteiger partial charge < -0.3 is 15.4 Å². The van der Waals surface area contributed by atoms with Crippen molar-refractivity contribution < 1.29 is 9.90 Å². The molecule has 6 heteroatoms. The van der Waals surface area contributed by atoms with E-state index in [9.17, 15) is 14.7 Å². The molecule has 106 valence electrons. The lowest BCUT2D eigenvalue weighted by Crippen LogP contribution is -2.37. The summed E-state index contributed by atoms with van der Waals surface area (Å²) in [7, 11) is 0. The highest BCUT2D eigenvalue weighted by molar-refractivity contribution is 5.75. The molecule has 0 saturated carbocycles. The molecule has 1 heterocycles. The van der Waals surface area contributed by atoms with E-state index in [2.05, 4.69) is 15.3 Å². The largest absolute Gasteiger partial charge is 0.481 e. The summed E-state index contributed by atoms with van der Waals surface area (Å²) < 4.78 is 0. The standard InChI is InChI=1S/C13H21N3O3/c1-4-9-15-10(7-11(17)16-9)14-8-13(5-2,6-3)12(18)19/h7H,4-6,8H2,1-3H3,(H,18,19)(H2,14,15,16,17). The van der Waals surface area contributed by atoms with E-state index >= 15 is 0 Å². The lowest BCUT2D eigenvalue weighted by molar-refractivity contribution is -0.148. The molecule has 3 N–H and O–H groups in total. The number of aromatic nitrogens is 2. The quantitative estimate of drug-likeness (QED) is 0.698. The van der Waals surface area contributed by atoms with E-state index < -0.39 is 11.4 Å². The Morgan fingerprint density at radius 1 is 1.42 bits per heavy atom. The van der Waals surface area contributed by atoms with Gasteiger partial charge in [0.25, 0.3) is 5.56 Å². The van der Waals surface area contributed by atoms with Gasteiger partial charge in [0.05, 0.1) is 5.41 Å². The highest BCUT2D eigenvalue weighted by Gasteiger charge is 2.34. The van der Waals surface area contributed by atoms with Gasteiger partial charge in [-0.05, 0) is 12.8 Å². The molecule has 1 aromatic heterocycles. The van der Waals surface area contributed by atoms with Crippen LogP contribution in [0.1, 0.15) is 39.4 Å². The highest BCUT2D eigenvalue weighted by atomic mass is 16.4. The van der Waals surface area contributed by atoms with E-state index in [0.29, 0.717) is 30.9 Å². The first kappa shape index (κ1) is 15.2. The Labute approximate surface area is 112 Å². The summed E-state index contributed by atoms with van der Waals surface area (Å²) in [5.41, 5.74) is -1.06. The molecule has 0 radical (unpaired) electrons. The molecule has 0 unspecified atom stereocenters. The van der Waals surface area contributed by atoms with Crippen LogP contribution in [0.2, 0.25) is 0 Å². The first-order valence-corrected chi connectivity index (χ1v) is 6.55. The van der Waals surface area contributed by atoms with Gasteiger partial charge >= 0.3 is 5.97 Å². The van der Waals surface area contributed by atoms with E-state index in [1.165, 1.54) is 6.07 Å². The summed E-state index contributed by atoms with van der Waals surface area (Å²) in [5, 5.41) is 12.3. The molecular formula is C13H21N3O3. The molecule has 0 aromatic carbocycles. The fraction of sp³-hybridized carbons (Fsp3) is 0.615. The van der Waals surface area contributed by atoms with Gasteiger partial charge in [0.2, 0.25) is 0 Å². The summed E-state index contributed by atoms with van der Waals surface area (Å²) in [6.07, 6.45) is 1.67. The van der Waals surface area contributed by atoms with Crippen LogP contribution >= 0.6 is 0 Å². The molecule has 0 aliphatic carbocycles. The zero-order valence-corrected chi connectivity index (χ0v) is 11.6. The maximum absolute atomic E-state index is 11.4. The predicted octanol–water partition coefficient (Wildman–Crippen LogP) is 1.64. The Balaban J connectivity index is 2.88. The van der Waals surface area contributed by atoms with Gasteiger partial charge in [-0.15, -0.1) is 0 Å². The van der Waals surface area contributed by atoms with Crippen LogP contribution in [-0.4, -0.2) is 27.6 Å². The number of nitrogens with one attached hydrogen (secondary N) is 2. The number of aliphatic carboxylic acids is 1. The normalized spacial score (nSPS) is 11.3. The van der Waals surface area contributed by atoms with Crippen molar-refractivity contribution in [2.24, 2.45) is 5.41 Å². The number of aryl methyl sites for hydroxylation is 1. The monoisotopic (exact) mass is 267 g/mol. The number of carbonyl (C=O) groups is 1. The number of anilines is 1. The molecule has 0 spiro atoms. The number of hydrogen-bond acceptors (Lipinski definition) is 4. The van der Waals surface area contributed by atoms with Crippen LogP contribution in [0.25, 0.3) is 0 Å². The second kappa shape index (κ2) is 6.36. The average molecular weight is 267 g/mol. The Kier molecular flexibility index (Phi) is 5.09. The van der Waals surface area contributed by atoms with Crippen molar-refractivity contribution >= 4 is 11.8 Å². The molecular weight excluding hydrogens is 246 g/mol. The summed E-state index contributed by atoms with van der Waals surface area (Å²) in [6, 6.07) is 1.34. The van der Waals surface area contributed by atoms with E-state index in [-0.39, 0.29) is 12.1 Å². The van der Waals surface area contributed by atoms with Crippen LogP contribution in [-0.2, 0) is 11.2 Å². The minimum Gasteiger partial charge on any atom is -0.481 e. The zero-order valence-electron chi connectivity index (χ0n) is 11.6. The van der Waals surface area contributed by atoms with E-state index in [4.69, 9.17) is 0 Å². The van der Waals surface area contributed by atoms with Crippen molar-refractivity contribution in [3.8, 4) is 0 Å². The van der Waals surface area contributed by atoms with Crippen LogP contribution in [0.3, 0.4) is 0 Å². The van der Waals surface area contributed by atoms with Crippen molar-refractivity contribution in [3.63, 3.8) is 0 Å². The summed E-state index contributed by atoms with van der Waals surface area (Å²) in [6.45, 7) is 5.85. The van der Waals surface area contributed by atoms with Crippen LogP contribution in [0.5, 0.6) is 0 Å². The summed E-state index contributed by atoms with van der Waals surface area (Å²) in [5.74, 6) is 0.183. The Bertz CT molecular complexity index is 492. The molecule has 0 aliphatic heterocycles. The Morgan fingerprint density at radius 3 is 2.53 bits per heavy atom. The third-order valence-electron chi connectivity index (χ3n) is 3.54. The van der Waals surface area contributed by atoms with Crippen LogP contribution < -0.4 is 10.9 Å². The SMILES string of the molecule is CCc1nc(NCC(CC)(CC)C(=O)O)cc(=O)[nH]1. The van der Waals surface area contributed by atoms with Gasteiger partial charge in [-0.25, -0.2) is 4.98 Å². The molecule has 0 atom stereocenters. The Hall–Kier alpha value is -1.85. The first-order chi connectivity index (χ1) is 8.97. The number of carboxylic acid groups (broad SMARTS) is 1. The predicted molar refractivity (Wildman–Crippen MR) is 73.4 cm³/mol. The summed E-state index contributed by atoms with van der Waals surface area (Å²) >= 11 is 0. The van der Waals surface area contributed by atoms with Crippen molar-refractivity contribution in [1.29, 1.82) is 0 Å². The van der Waals surface area contributed by atoms with E-state index in [1.54, 1.807) is 0 Å². The number of nitrogens with zero attached hydrogens (tertiary/aromatic N) is 1. The van der Waals surface area contributed by atoms with Crippen LogP contribution in [0.15, 0.2) is 10.9 Å². The van der Waals surface area contributed by atoms with E-state index in [0.717, 1.165) is 0 Å². The van der Waals surface area contributed by atoms with Crippen molar-refractivity contribution in [2.75, 3.05) is 11.9 Å². The van der Waals surface area contributed by atoms with Crippen LogP contribution in [0.4, 0.5) is 5.82 Å². The average Bonchev–Trinajstić information content (AvgIpc) is 2.39. The van der Waals surface area contributed by atoms with Gasteiger partial charge in [-0.1, -0.05) is 20.8 Å². The van der Waals surface area contributed by atoms with E-state index in [1.807, 2.05) is 20.8 Å². The topological polar surface area (TPSA) is 95.1 Å². The molecule has 1 rings (SSSR count). The number of rotatable bonds is 7. The molecule has 0 fully saturated rings. The Morgan fingerprint density at radius 2 is 2.05 bits per heavy atom. The molecule has 6 nitrogen and oxygen atoms in total. The lowest BCUT2D eigenvalue weighted by atomic mass is 9.82. The fourth-order valence-corrected chi connectivity index (χ4v) is 1.90. The second-order valence-corrected chi connectivity index (χ2v) is 4.58. The number of H-pyrrole nitrogens is 1. The molecule has 0 bridgehead atoms. The lowest BCUT2D eigenvalue weighted by Gasteiger charge is -2.27. The minimum atomic E-state index is -0.828. The van der Waals surface area contributed by atoms with Gasteiger partial charge in [0, 0.05) is 19.0 Å². The number of aromatic amines is 1.